The Labute approximate surface area is 96.6 Å². The lowest BCUT2D eigenvalue weighted by atomic mass is 10.1. The van der Waals surface area contributed by atoms with Crippen LogP contribution in [0.4, 0.5) is 5.69 Å². The van der Waals surface area contributed by atoms with Crippen molar-refractivity contribution < 1.29 is 4.79 Å². The van der Waals surface area contributed by atoms with Gasteiger partial charge in [-0.15, -0.1) is 0 Å². The Hall–Kier alpha value is -1.57. The predicted molar refractivity (Wildman–Crippen MR) is 67.2 cm³/mol. The normalized spacial score (nSPS) is 15.9. The molecule has 1 aromatic rings. The first-order valence-corrected chi connectivity index (χ1v) is 5.67. The van der Waals surface area contributed by atoms with Crippen molar-refractivity contribution in [3.8, 4) is 0 Å². The van der Waals surface area contributed by atoms with Crippen molar-refractivity contribution in [1.82, 2.24) is 0 Å². The maximum absolute atomic E-state index is 10.7. The number of carbonyl (C=O) groups is 1. The Bertz CT molecular complexity index is 434. The highest BCUT2D eigenvalue weighted by atomic mass is 16.1. The summed E-state index contributed by atoms with van der Waals surface area (Å²) in [4.78, 5) is 13.1. The topological polar surface area (TPSA) is 20.3 Å². The van der Waals surface area contributed by atoms with Gasteiger partial charge in [-0.1, -0.05) is 11.6 Å². The van der Waals surface area contributed by atoms with E-state index in [1.807, 2.05) is 19.1 Å². The molecule has 0 amide bonds. The summed E-state index contributed by atoms with van der Waals surface area (Å²) in [7, 11) is 0. The third-order valence-electron chi connectivity index (χ3n) is 3.08. The van der Waals surface area contributed by atoms with Gasteiger partial charge in [0, 0.05) is 24.3 Å². The number of benzene rings is 1. The van der Waals surface area contributed by atoms with Crippen LogP contribution < -0.4 is 4.90 Å². The first-order valence-electron chi connectivity index (χ1n) is 5.67. The molecule has 1 aliphatic heterocycles. The number of hydrogen-bond acceptors (Lipinski definition) is 2. The molecule has 0 saturated heterocycles. The molecule has 0 unspecified atom stereocenters. The highest BCUT2D eigenvalue weighted by Gasteiger charge is 2.11. The zero-order chi connectivity index (χ0) is 11.5. The molecular weight excluding hydrogens is 198 g/mol. The number of rotatable bonds is 2. The van der Waals surface area contributed by atoms with Crippen LogP contribution in [0.3, 0.4) is 0 Å². The van der Waals surface area contributed by atoms with Crippen molar-refractivity contribution in [2.45, 2.75) is 20.3 Å². The van der Waals surface area contributed by atoms with Gasteiger partial charge in [0.05, 0.1) is 0 Å². The Morgan fingerprint density at radius 1 is 1.31 bits per heavy atom. The molecule has 0 saturated carbocycles. The van der Waals surface area contributed by atoms with E-state index >= 15 is 0 Å². The molecule has 2 heteroatoms. The summed E-state index contributed by atoms with van der Waals surface area (Å²) >= 11 is 0. The first kappa shape index (κ1) is 10.9. The SMILES string of the molecule is CC1=CCCN(c2ccc(C=O)c(C)c2)C1. The molecule has 2 rings (SSSR count). The molecule has 1 aliphatic rings. The highest BCUT2D eigenvalue weighted by Crippen LogP contribution is 2.22. The molecular formula is C14H17NO. The summed E-state index contributed by atoms with van der Waals surface area (Å²) in [5.41, 5.74) is 4.48. The van der Waals surface area contributed by atoms with Crippen LogP contribution in [0.25, 0.3) is 0 Å². The van der Waals surface area contributed by atoms with E-state index in [0.717, 1.165) is 36.9 Å². The van der Waals surface area contributed by atoms with E-state index in [9.17, 15) is 4.79 Å². The van der Waals surface area contributed by atoms with Crippen LogP contribution in [0, 0.1) is 6.92 Å². The van der Waals surface area contributed by atoms with Crippen LogP contribution in [0.15, 0.2) is 29.8 Å². The van der Waals surface area contributed by atoms with Crippen molar-refractivity contribution in [2.24, 2.45) is 0 Å². The number of hydrogen-bond donors (Lipinski definition) is 0. The largest absolute Gasteiger partial charge is 0.367 e. The molecule has 1 heterocycles. The number of aryl methyl sites for hydroxylation is 1. The monoisotopic (exact) mass is 215 g/mol. The second kappa shape index (κ2) is 4.52. The molecule has 0 fully saturated rings. The van der Waals surface area contributed by atoms with Crippen LogP contribution in [-0.2, 0) is 0 Å². The number of nitrogens with zero attached hydrogens (tertiary/aromatic N) is 1. The Morgan fingerprint density at radius 2 is 2.12 bits per heavy atom. The minimum Gasteiger partial charge on any atom is -0.367 e. The summed E-state index contributed by atoms with van der Waals surface area (Å²) in [5, 5.41) is 0. The molecule has 1 aromatic carbocycles. The van der Waals surface area contributed by atoms with Crippen molar-refractivity contribution >= 4 is 12.0 Å². The summed E-state index contributed by atoms with van der Waals surface area (Å²) in [6.45, 7) is 6.22. The lowest BCUT2D eigenvalue weighted by molar-refractivity contribution is 0.112. The van der Waals surface area contributed by atoms with Crippen LogP contribution in [0.2, 0.25) is 0 Å². The van der Waals surface area contributed by atoms with Gasteiger partial charge in [0.2, 0.25) is 0 Å². The minimum atomic E-state index is 0.785. The van der Waals surface area contributed by atoms with Gasteiger partial charge in [0.1, 0.15) is 6.29 Å². The number of carbonyl (C=O) groups excluding carboxylic acids is 1. The standard InChI is InChI=1S/C14H17NO/c1-11-4-3-7-15(9-11)14-6-5-13(10-16)12(2)8-14/h4-6,8,10H,3,7,9H2,1-2H3. The summed E-state index contributed by atoms with van der Waals surface area (Å²) in [6, 6.07) is 6.04. The Balaban J connectivity index is 2.24. The lowest BCUT2D eigenvalue weighted by Gasteiger charge is -2.28. The van der Waals surface area contributed by atoms with Gasteiger partial charge in [0.15, 0.2) is 0 Å². The van der Waals surface area contributed by atoms with Gasteiger partial charge in [-0.05, 0) is 44.0 Å². The zero-order valence-electron chi connectivity index (χ0n) is 9.86. The van der Waals surface area contributed by atoms with Crippen LogP contribution in [0.1, 0.15) is 29.3 Å². The molecule has 0 aromatic heterocycles. The van der Waals surface area contributed by atoms with E-state index in [2.05, 4.69) is 24.0 Å². The van der Waals surface area contributed by atoms with Gasteiger partial charge in [0.25, 0.3) is 0 Å². The summed E-state index contributed by atoms with van der Waals surface area (Å²) in [6.07, 6.45) is 4.32. The van der Waals surface area contributed by atoms with Crippen LogP contribution >= 0.6 is 0 Å². The van der Waals surface area contributed by atoms with Crippen molar-refractivity contribution in [3.63, 3.8) is 0 Å². The van der Waals surface area contributed by atoms with E-state index in [-0.39, 0.29) is 0 Å². The van der Waals surface area contributed by atoms with E-state index in [1.165, 1.54) is 11.3 Å². The third kappa shape index (κ3) is 2.16. The van der Waals surface area contributed by atoms with Crippen molar-refractivity contribution in [1.29, 1.82) is 0 Å². The molecule has 0 aliphatic carbocycles. The van der Waals surface area contributed by atoms with E-state index in [4.69, 9.17) is 0 Å². The summed E-state index contributed by atoms with van der Waals surface area (Å²) in [5.74, 6) is 0. The maximum Gasteiger partial charge on any atom is 0.150 e. The number of aldehydes is 1. The fraction of sp³-hybridized carbons (Fsp3) is 0.357. The van der Waals surface area contributed by atoms with Crippen LogP contribution in [0.5, 0.6) is 0 Å². The van der Waals surface area contributed by atoms with Gasteiger partial charge in [-0.3, -0.25) is 4.79 Å². The first-order chi connectivity index (χ1) is 7.70. The van der Waals surface area contributed by atoms with Gasteiger partial charge in [-0.2, -0.15) is 0 Å². The quantitative estimate of drug-likeness (QED) is 0.558. The molecule has 2 nitrogen and oxygen atoms in total. The van der Waals surface area contributed by atoms with E-state index < -0.39 is 0 Å². The average molecular weight is 215 g/mol. The molecule has 84 valence electrons. The highest BCUT2D eigenvalue weighted by molar-refractivity contribution is 5.78. The predicted octanol–water partition coefficient (Wildman–Crippen LogP) is 2.96. The average Bonchev–Trinajstić information content (AvgIpc) is 2.29. The van der Waals surface area contributed by atoms with Gasteiger partial charge >= 0.3 is 0 Å². The Morgan fingerprint density at radius 3 is 2.75 bits per heavy atom. The lowest BCUT2D eigenvalue weighted by Crippen LogP contribution is -2.29. The number of anilines is 1. The van der Waals surface area contributed by atoms with Crippen molar-refractivity contribution in [2.75, 3.05) is 18.0 Å². The molecule has 0 bridgehead atoms. The van der Waals surface area contributed by atoms with Crippen molar-refractivity contribution in [3.05, 3.63) is 41.0 Å². The maximum atomic E-state index is 10.7. The molecule has 16 heavy (non-hydrogen) atoms. The van der Waals surface area contributed by atoms with E-state index in [0.29, 0.717) is 0 Å². The third-order valence-corrected chi connectivity index (χ3v) is 3.08. The second-order valence-corrected chi connectivity index (χ2v) is 4.42. The summed E-state index contributed by atoms with van der Waals surface area (Å²) < 4.78 is 0. The van der Waals surface area contributed by atoms with E-state index in [1.54, 1.807) is 0 Å². The molecule has 0 atom stereocenters. The molecule has 0 spiro atoms. The zero-order valence-corrected chi connectivity index (χ0v) is 9.86. The minimum absolute atomic E-state index is 0.785. The fourth-order valence-corrected chi connectivity index (χ4v) is 2.12. The molecule has 0 N–H and O–H groups in total. The van der Waals surface area contributed by atoms with Gasteiger partial charge < -0.3 is 4.90 Å². The smallest absolute Gasteiger partial charge is 0.150 e. The Kier molecular flexibility index (Phi) is 3.09. The van der Waals surface area contributed by atoms with Gasteiger partial charge in [-0.25, -0.2) is 0 Å². The molecule has 0 radical (unpaired) electrons. The second-order valence-electron chi connectivity index (χ2n) is 4.42. The van der Waals surface area contributed by atoms with Crippen LogP contribution in [-0.4, -0.2) is 19.4 Å². The fourth-order valence-electron chi connectivity index (χ4n) is 2.12.